The Bertz CT molecular complexity index is 766. The average molecular weight is 314 g/mol. The Labute approximate surface area is 133 Å². The molecule has 0 bridgehead atoms. The number of nitrogens with zero attached hydrogens (tertiary/aromatic N) is 4. The van der Waals surface area contributed by atoms with Gasteiger partial charge in [0.25, 0.3) is 5.91 Å². The van der Waals surface area contributed by atoms with Crippen molar-refractivity contribution in [1.29, 1.82) is 0 Å². The fraction of sp³-hybridized carbons (Fsp3) is 0.312. The number of fused-ring (bicyclic) bond motifs is 3. The van der Waals surface area contributed by atoms with Crippen molar-refractivity contribution in [2.45, 2.75) is 6.54 Å². The van der Waals surface area contributed by atoms with Crippen LogP contribution in [0.5, 0.6) is 0 Å². The zero-order valence-electron chi connectivity index (χ0n) is 13.1. The first kappa shape index (κ1) is 15.2. The van der Waals surface area contributed by atoms with Crippen LogP contribution in [-0.4, -0.2) is 63.5 Å². The maximum absolute atomic E-state index is 12.8. The van der Waals surface area contributed by atoms with E-state index in [9.17, 15) is 14.7 Å². The Morgan fingerprint density at radius 3 is 2.78 bits per heavy atom. The van der Waals surface area contributed by atoms with E-state index in [1.54, 1.807) is 27.7 Å². The summed E-state index contributed by atoms with van der Waals surface area (Å²) in [5.41, 5.74) is 1.73. The Kier molecular flexibility index (Phi) is 3.87. The first-order chi connectivity index (χ1) is 11.0. The van der Waals surface area contributed by atoms with Crippen LogP contribution in [0.25, 0.3) is 5.69 Å². The molecule has 0 spiro atoms. The van der Waals surface area contributed by atoms with Gasteiger partial charge in [-0.05, 0) is 26.2 Å². The number of imidazole rings is 1. The first-order valence-corrected chi connectivity index (χ1v) is 7.32. The van der Waals surface area contributed by atoms with E-state index in [4.69, 9.17) is 0 Å². The molecule has 2 aromatic rings. The standard InChI is InChI=1S/C16H18N4O3/c1-18(2)7-8-19-9-13-14(16(22)23)17-10-20(13)12-6-4-3-5-11(12)15(19)21/h3-6,10H,7-9H2,1-2H3,(H,22,23). The van der Waals surface area contributed by atoms with Gasteiger partial charge in [-0.1, -0.05) is 12.1 Å². The summed E-state index contributed by atoms with van der Waals surface area (Å²) in [5.74, 6) is -1.18. The van der Waals surface area contributed by atoms with Crippen molar-refractivity contribution < 1.29 is 14.7 Å². The molecular weight excluding hydrogens is 296 g/mol. The minimum Gasteiger partial charge on any atom is -0.476 e. The lowest BCUT2D eigenvalue weighted by atomic mass is 10.1. The van der Waals surface area contributed by atoms with Crippen molar-refractivity contribution >= 4 is 11.9 Å². The predicted molar refractivity (Wildman–Crippen MR) is 83.8 cm³/mol. The molecule has 0 unspecified atom stereocenters. The van der Waals surface area contributed by atoms with Crippen LogP contribution in [0.15, 0.2) is 30.6 Å². The quantitative estimate of drug-likeness (QED) is 0.914. The van der Waals surface area contributed by atoms with Crippen molar-refractivity contribution in [1.82, 2.24) is 19.4 Å². The molecule has 0 atom stereocenters. The lowest BCUT2D eigenvalue weighted by molar-refractivity contribution is 0.0675. The number of amides is 1. The van der Waals surface area contributed by atoms with E-state index in [0.717, 1.165) is 0 Å². The molecule has 0 saturated heterocycles. The summed E-state index contributed by atoms with van der Waals surface area (Å²) in [4.78, 5) is 31.9. The number of hydrogen-bond donors (Lipinski definition) is 1. The van der Waals surface area contributed by atoms with Gasteiger partial charge in [-0.2, -0.15) is 0 Å². The second kappa shape index (κ2) is 5.85. The Morgan fingerprint density at radius 2 is 2.09 bits per heavy atom. The van der Waals surface area contributed by atoms with Crippen LogP contribution < -0.4 is 0 Å². The first-order valence-electron chi connectivity index (χ1n) is 7.32. The summed E-state index contributed by atoms with van der Waals surface area (Å²) in [6, 6.07) is 7.20. The Morgan fingerprint density at radius 1 is 1.35 bits per heavy atom. The van der Waals surface area contributed by atoms with E-state index < -0.39 is 5.97 Å². The van der Waals surface area contributed by atoms with Gasteiger partial charge in [0.2, 0.25) is 0 Å². The van der Waals surface area contributed by atoms with Gasteiger partial charge in [-0.15, -0.1) is 0 Å². The molecule has 3 rings (SSSR count). The predicted octanol–water partition coefficient (Wildman–Crippen LogP) is 1.09. The number of aromatic carboxylic acids is 1. The number of para-hydroxylation sites is 1. The molecule has 1 aliphatic heterocycles. The smallest absolute Gasteiger partial charge is 0.356 e. The summed E-state index contributed by atoms with van der Waals surface area (Å²) < 4.78 is 1.70. The molecule has 0 radical (unpaired) electrons. The van der Waals surface area contributed by atoms with E-state index in [-0.39, 0.29) is 18.1 Å². The number of carboxylic acid groups (broad SMARTS) is 1. The fourth-order valence-corrected chi connectivity index (χ4v) is 2.70. The SMILES string of the molecule is CN(C)CCN1Cc2c(C(=O)O)ncn2-c2ccccc2C1=O. The minimum atomic E-state index is -1.09. The summed E-state index contributed by atoms with van der Waals surface area (Å²) in [5, 5.41) is 9.35. The van der Waals surface area contributed by atoms with Crippen LogP contribution >= 0.6 is 0 Å². The molecule has 1 N–H and O–H groups in total. The molecule has 23 heavy (non-hydrogen) atoms. The van der Waals surface area contributed by atoms with Gasteiger partial charge in [0.05, 0.1) is 23.5 Å². The molecule has 1 amide bonds. The monoisotopic (exact) mass is 314 g/mol. The van der Waals surface area contributed by atoms with Crippen LogP contribution in [0.1, 0.15) is 26.5 Å². The van der Waals surface area contributed by atoms with E-state index >= 15 is 0 Å². The number of carbonyl (C=O) groups excluding carboxylic acids is 1. The number of aromatic nitrogens is 2. The maximum atomic E-state index is 12.8. The van der Waals surface area contributed by atoms with Crippen molar-refractivity contribution in [3.8, 4) is 5.69 Å². The van der Waals surface area contributed by atoms with Crippen LogP contribution in [0.3, 0.4) is 0 Å². The van der Waals surface area contributed by atoms with E-state index in [2.05, 4.69) is 4.98 Å². The van der Waals surface area contributed by atoms with E-state index in [0.29, 0.717) is 30.0 Å². The normalized spacial score (nSPS) is 13.7. The van der Waals surface area contributed by atoms with Crippen molar-refractivity contribution in [2.75, 3.05) is 27.2 Å². The van der Waals surface area contributed by atoms with Crippen molar-refractivity contribution in [3.63, 3.8) is 0 Å². The minimum absolute atomic E-state index is 0.00986. The van der Waals surface area contributed by atoms with Gasteiger partial charge in [0.15, 0.2) is 5.69 Å². The lowest BCUT2D eigenvalue weighted by Crippen LogP contribution is -2.36. The number of benzene rings is 1. The third-order valence-electron chi connectivity index (χ3n) is 3.91. The summed E-state index contributed by atoms with van der Waals surface area (Å²) in [7, 11) is 3.87. The summed E-state index contributed by atoms with van der Waals surface area (Å²) in [6.07, 6.45) is 1.47. The zero-order valence-corrected chi connectivity index (χ0v) is 13.1. The third kappa shape index (κ3) is 2.70. The van der Waals surface area contributed by atoms with Crippen LogP contribution in [-0.2, 0) is 6.54 Å². The number of likely N-dealkylation sites (N-methyl/N-ethyl adjacent to an activating group) is 1. The van der Waals surface area contributed by atoms with E-state index in [1.165, 1.54) is 6.33 Å². The molecule has 0 aliphatic carbocycles. The molecule has 1 aliphatic rings. The van der Waals surface area contributed by atoms with Gasteiger partial charge in [0.1, 0.15) is 6.33 Å². The maximum Gasteiger partial charge on any atom is 0.356 e. The van der Waals surface area contributed by atoms with Gasteiger partial charge >= 0.3 is 5.97 Å². The Hall–Kier alpha value is -2.67. The number of carbonyl (C=O) groups is 2. The molecule has 7 heteroatoms. The number of carboxylic acids is 1. The molecule has 2 heterocycles. The summed E-state index contributed by atoms with van der Waals surface area (Å²) >= 11 is 0. The molecular formula is C16H18N4O3. The highest BCUT2D eigenvalue weighted by atomic mass is 16.4. The van der Waals surface area contributed by atoms with Gasteiger partial charge in [-0.3, -0.25) is 9.36 Å². The van der Waals surface area contributed by atoms with Crippen LogP contribution in [0.2, 0.25) is 0 Å². The van der Waals surface area contributed by atoms with Gasteiger partial charge in [0, 0.05) is 13.1 Å². The Balaban J connectivity index is 2.11. The highest BCUT2D eigenvalue weighted by Crippen LogP contribution is 2.26. The zero-order chi connectivity index (χ0) is 16.6. The average Bonchev–Trinajstić information content (AvgIpc) is 2.89. The third-order valence-corrected chi connectivity index (χ3v) is 3.91. The highest BCUT2D eigenvalue weighted by Gasteiger charge is 2.29. The highest BCUT2D eigenvalue weighted by molar-refractivity contribution is 5.99. The molecule has 0 saturated carbocycles. The van der Waals surface area contributed by atoms with Crippen molar-refractivity contribution in [2.24, 2.45) is 0 Å². The van der Waals surface area contributed by atoms with Gasteiger partial charge in [-0.25, -0.2) is 9.78 Å². The topological polar surface area (TPSA) is 78.7 Å². The second-order valence-corrected chi connectivity index (χ2v) is 5.76. The number of rotatable bonds is 4. The molecule has 120 valence electrons. The van der Waals surface area contributed by atoms with Crippen LogP contribution in [0, 0.1) is 0 Å². The molecule has 0 fully saturated rings. The fourth-order valence-electron chi connectivity index (χ4n) is 2.70. The van der Waals surface area contributed by atoms with Crippen molar-refractivity contribution in [3.05, 3.63) is 47.5 Å². The largest absolute Gasteiger partial charge is 0.476 e. The van der Waals surface area contributed by atoms with Gasteiger partial charge < -0.3 is 14.9 Å². The molecule has 1 aromatic carbocycles. The summed E-state index contributed by atoms with van der Waals surface area (Å²) in [6.45, 7) is 1.44. The molecule has 7 nitrogen and oxygen atoms in total. The second-order valence-electron chi connectivity index (χ2n) is 5.76. The van der Waals surface area contributed by atoms with Crippen LogP contribution in [0.4, 0.5) is 0 Å². The lowest BCUT2D eigenvalue weighted by Gasteiger charge is -2.22. The number of hydrogen-bond acceptors (Lipinski definition) is 4. The van der Waals surface area contributed by atoms with E-state index in [1.807, 2.05) is 25.1 Å². The molecule has 1 aromatic heterocycles.